The molecule has 1 aliphatic rings. The van der Waals surface area contributed by atoms with E-state index in [1.54, 1.807) is 23.6 Å². The lowest BCUT2D eigenvalue weighted by molar-refractivity contribution is -0.143. The molecule has 0 aliphatic carbocycles. The number of carbonyl (C=O) groups excluding carboxylic acids is 3. The minimum atomic E-state index is -0.776. The topological polar surface area (TPSA) is 72.9 Å². The lowest BCUT2D eigenvalue weighted by Crippen LogP contribution is -2.41. The summed E-state index contributed by atoms with van der Waals surface area (Å²) in [5.41, 5.74) is 1.80. The Balaban J connectivity index is 1.75. The minimum absolute atomic E-state index is 0.169. The van der Waals surface area contributed by atoms with Gasteiger partial charge in [0.15, 0.2) is 6.61 Å². The predicted molar refractivity (Wildman–Crippen MR) is 111 cm³/mol. The Morgan fingerprint density at radius 1 is 1.00 bits per heavy atom. The number of amides is 1. The number of fused-ring (bicyclic) bond motifs is 1. The van der Waals surface area contributed by atoms with Crippen LogP contribution < -0.4 is 4.90 Å². The van der Waals surface area contributed by atoms with E-state index >= 15 is 0 Å². The van der Waals surface area contributed by atoms with Gasteiger partial charge in [-0.25, -0.2) is 9.59 Å². The number of anilines is 1. The van der Waals surface area contributed by atoms with Gasteiger partial charge in [-0.3, -0.25) is 9.69 Å². The highest BCUT2D eigenvalue weighted by atomic mass is 32.2. The minimum Gasteiger partial charge on any atom is -0.463 e. The van der Waals surface area contributed by atoms with E-state index < -0.39 is 18.5 Å². The molecule has 0 N–H and O–H groups in total. The molecule has 0 saturated heterocycles. The number of ether oxygens (including phenoxy) is 2. The quantitative estimate of drug-likeness (QED) is 0.535. The molecule has 2 aromatic carbocycles. The predicted octanol–water partition coefficient (Wildman–Crippen LogP) is 3.53. The zero-order chi connectivity index (χ0) is 20.6. The number of nitrogens with zero attached hydrogens (tertiary/aromatic N) is 1. The fourth-order valence-corrected chi connectivity index (χ4v) is 4.16. The maximum atomic E-state index is 13.0. The molecule has 0 fully saturated rings. The Morgan fingerprint density at radius 3 is 2.38 bits per heavy atom. The first-order valence-electron chi connectivity index (χ1n) is 9.20. The van der Waals surface area contributed by atoms with Crippen LogP contribution >= 0.6 is 11.8 Å². The fourth-order valence-electron chi connectivity index (χ4n) is 2.99. The van der Waals surface area contributed by atoms with Crippen LogP contribution in [0.1, 0.15) is 18.5 Å². The van der Waals surface area contributed by atoms with Gasteiger partial charge in [0.25, 0.3) is 5.91 Å². The van der Waals surface area contributed by atoms with Gasteiger partial charge in [-0.1, -0.05) is 42.5 Å². The van der Waals surface area contributed by atoms with Crippen LogP contribution in [-0.2, 0) is 23.9 Å². The molecule has 1 aliphatic heterocycles. The second kappa shape index (κ2) is 9.93. The number of rotatable bonds is 6. The van der Waals surface area contributed by atoms with Crippen molar-refractivity contribution >= 4 is 35.3 Å². The van der Waals surface area contributed by atoms with Crippen LogP contribution in [0.5, 0.6) is 0 Å². The molecule has 1 atom stereocenters. The Labute approximate surface area is 173 Å². The normalized spacial score (nSPS) is 15.6. The van der Waals surface area contributed by atoms with Crippen molar-refractivity contribution in [1.29, 1.82) is 0 Å². The van der Waals surface area contributed by atoms with Gasteiger partial charge >= 0.3 is 11.9 Å². The largest absolute Gasteiger partial charge is 0.463 e. The molecule has 0 aromatic heterocycles. The lowest BCUT2D eigenvalue weighted by Gasteiger charge is -2.37. The fraction of sp³-hybridized carbons (Fsp3) is 0.227. The first kappa shape index (κ1) is 20.7. The van der Waals surface area contributed by atoms with Gasteiger partial charge in [-0.2, -0.15) is 0 Å². The molecule has 3 rings (SSSR count). The Kier molecular flexibility index (Phi) is 7.08. The molecular weight excluding hydrogens is 390 g/mol. The molecular formula is C22H21NO5S. The Bertz CT molecular complexity index is 912. The highest BCUT2D eigenvalue weighted by Crippen LogP contribution is 2.43. The highest BCUT2D eigenvalue weighted by Gasteiger charge is 2.32. The van der Waals surface area contributed by atoms with Crippen molar-refractivity contribution in [2.75, 3.05) is 23.9 Å². The van der Waals surface area contributed by atoms with Crippen LogP contribution in [0.3, 0.4) is 0 Å². The third-order valence-corrected chi connectivity index (χ3v) is 5.40. The first-order valence-corrected chi connectivity index (χ1v) is 10.2. The smallest absolute Gasteiger partial charge is 0.331 e. The molecule has 1 heterocycles. The summed E-state index contributed by atoms with van der Waals surface area (Å²) >= 11 is 1.69. The van der Waals surface area contributed by atoms with E-state index in [-0.39, 0.29) is 18.6 Å². The summed E-state index contributed by atoms with van der Waals surface area (Å²) in [6, 6.07) is 17.2. The second-order valence-corrected chi connectivity index (χ2v) is 7.22. The summed E-state index contributed by atoms with van der Waals surface area (Å²) in [6.07, 6.45) is 1.94. The first-order chi connectivity index (χ1) is 14.1. The van der Waals surface area contributed by atoms with Crippen LogP contribution in [0, 0.1) is 0 Å². The van der Waals surface area contributed by atoms with E-state index in [2.05, 4.69) is 0 Å². The number of hydrogen-bond donors (Lipinski definition) is 0. The second-order valence-electron chi connectivity index (χ2n) is 6.16. The summed E-state index contributed by atoms with van der Waals surface area (Å²) in [4.78, 5) is 38.8. The van der Waals surface area contributed by atoms with E-state index in [1.165, 1.54) is 0 Å². The van der Waals surface area contributed by atoms with Crippen LogP contribution in [0.15, 0.2) is 71.6 Å². The van der Waals surface area contributed by atoms with Crippen LogP contribution in [0.4, 0.5) is 5.69 Å². The van der Waals surface area contributed by atoms with Crippen molar-refractivity contribution in [2.45, 2.75) is 17.9 Å². The van der Waals surface area contributed by atoms with E-state index in [4.69, 9.17) is 9.47 Å². The van der Waals surface area contributed by atoms with E-state index in [0.29, 0.717) is 5.75 Å². The van der Waals surface area contributed by atoms with Crippen molar-refractivity contribution in [3.8, 4) is 0 Å². The Morgan fingerprint density at radius 2 is 1.66 bits per heavy atom. The summed E-state index contributed by atoms with van der Waals surface area (Å²) in [6.45, 7) is 1.46. The van der Waals surface area contributed by atoms with E-state index in [9.17, 15) is 14.4 Å². The molecule has 0 radical (unpaired) electrons. The maximum absolute atomic E-state index is 13.0. The standard InChI is InChI=1S/C22H21NO5S/c1-2-27-21(25)12-13-22(26)28-14-20(24)23-17-10-6-7-11-19(17)29-15-18(23)16-8-4-3-5-9-16/h3-13,18H,2,14-15H2,1H3/b13-12+/t18-/m1/s1. The zero-order valence-electron chi connectivity index (χ0n) is 15.9. The summed E-state index contributed by atoms with van der Waals surface area (Å²) < 4.78 is 9.76. The van der Waals surface area contributed by atoms with Gasteiger partial charge in [-0.15, -0.1) is 11.8 Å². The third kappa shape index (κ3) is 5.26. The SMILES string of the molecule is CCOC(=O)/C=C/C(=O)OCC(=O)N1c2ccccc2SC[C@@H]1c1ccccc1. The van der Waals surface area contributed by atoms with E-state index in [1.807, 2.05) is 54.6 Å². The number of hydrogen-bond acceptors (Lipinski definition) is 6. The van der Waals surface area contributed by atoms with Crippen molar-refractivity contribution < 1.29 is 23.9 Å². The van der Waals surface area contributed by atoms with Crippen molar-refractivity contribution in [2.24, 2.45) is 0 Å². The number of benzene rings is 2. The molecule has 7 heteroatoms. The molecule has 0 bridgehead atoms. The molecule has 1 amide bonds. The number of esters is 2. The molecule has 150 valence electrons. The number of carbonyl (C=O) groups is 3. The van der Waals surface area contributed by atoms with Crippen LogP contribution in [0.25, 0.3) is 0 Å². The van der Waals surface area contributed by atoms with Gasteiger partial charge in [0.1, 0.15) is 0 Å². The lowest BCUT2D eigenvalue weighted by atomic mass is 10.1. The van der Waals surface area contributed by atoms with Crippen molar-refractivity contribution in [3.63, 3.8) is 0 Å². The molecule has 0 saturated carbocycles. The molecule has 2 aromatic rings. The number of thioether (sulfide) groups is 1. The average molecular weight is 411 g/mol. The average Bonchev–Trinajstić information content (AvgIpc) is 2.76. The van der Waals surface area contributed by atoms with Crippen molar-refractivity contribution in [3.05, 3.63) is 72.3 Å². The Hall–Kier alpha value is -3.06. The zero-order valence-corrected chi connectivity index (χ0v) is 16.8. The molecule has 0 unspecified atom stereocenters. The highest BCUT2D eigenvalue weighted by molar-refractivity contribution is 7.99. The summed E-state index contributed by atoms with van der Waals surface area (Å²) in [5, 5.41) is 0. The summed E-state index contributed by atoms with van der Waals surface area (Å²) in [5.74, 6) is -1.04. The van der Waals surface area contributed by atoms with Crippen LogP contribution in [0.2, 0.25) is 0 Å². The third-order valence-electron chi connectivity index (χ3n) is 4.27. The van der Waals surface area contributed by atoms with E-state index in [0.717, 1.165) is 28.3 Å². The molecule has 6 nitrogen and oxygen atoms in total. The van der Waals surface area contributed by atoms with Gasteiger partial charge in [-0.05, 0) is 24.6 Å². The van der Waals surface area contributed by atoms with Gasteiger partial charge in [0, 0.05) is 22.8 Å². The van der Waals surface area contributed by atoms with Crippen molar-refractivity contribution in [1.82, 2.24) is 0 Å². The van der Waals surface area contributed by atoms with Crippen LogP contribution in [-0.4, -0.2) is 36.8 Å². The van der Waals surface area contributed by atoms with Gasteiger partial charge in [0.2, 0.25) is 0 Å². The summed E-state index contributed by atoms with van der Waals surface area (Å²) in [7, 11) is 0. The monoisotopic (exact) mass is 411 g/mol. The maximum Gasteiger partial charge on any atom is 0.331 e. The molecule has 29 heavy (non-hydrogen) atoms. The van der Waals surface area contributed by atoms with Gasteiger partial charge in [0.05, 0.1) is 18.3 Å². The van der Waals surface area contributed by atoms with Gasteiger partial charge < -0.3 is 9.47 Å². The number of para-hydroxylation sites is 1. The molecule has 0 spiro atoms.